The van der Waals surface area contributed by atoms with Gasteiger partial charge in [-0.15, -0.1) is 0 Å². The van der Waals surface area contributed by atoms with Crippen LogP contribution in [0.3, 0.4) is 0 Å². The number of nitrogens with zero attached hydrogens (tertiary/aromatic N) is 3. The van der Waals surface area contributed by atoms with E-state index in [2.05, 4.69) is 18.1 Å². The van der Waals surface area contributed by atoms with E-state index in [1.165, 1.54) is 23.8 Å². The molecule has 172 valence electrons. The third-order valence-electron chi connectivity index (χ3n) is 7.51. The van der Waals surface area contributed by atoms with Gasteiger partial charge in [-0.2, -0.15) is 5.10 Å². The fourth-order valence-corrected chi connectivity index (χ4v) is 5.66. The summed E-state index contributed by atoms with van der Waals surface area (Å²) < 4.78 is 29.5. The second-order valence-corrected chi connectivity index (χ2v) is 9.76. The second-order valence-electron chi connectivity index (χ2n) is 9.76. The maximum Gasteiger partial charge on any atom is 0.146 e. The minimum absolute atomic E-state index is 0.0142. The van der Waals surface area contributed by atoms with Crippen LogP contribution in [-0.4, -0.2) is 29.0 Å². The Kier molecular flexibility index (Phi) is 5.36. The van der Waals surface area contributed by atoms with Crippen LogP contribution in [0.1, 0.15) is 49.1 Å². The predicted octanol–water partition coefficient (Wildman–Crippen LogP) is 5.70. The molecule has 3 atom stereocenters. The van der Waals surface area contributed by atoms with E-state index in [1.54, 1.807) is 43.3 Å². The smallest absolute Gasteiger partial charge is 0.146 e. The predicted molar refractivity (Wildman–Crippen MR) is 126 cm³/mol. The van der Waals surface area contributed by atoms with Crippen LogP contribution in [-0.2, 0) is 6.42 Å². The highest BCUT2D eigenvalue weighted by atomic mass is 19.1. The van der Waals surface area contributed by atoms with Crippen LogP contribution in [0.25, 0.3) is 11.8 Å². The first kappa shape index (κ1) is 21.8. The van der Waals surface area contributed by atoms with Gasteiger partial charge in [0.2, 0.25) is 0 Å². The number of aliphatic hydroxyl groups excluding tert-OH is 1. The first-order chi connectivity index (χ1) is 15.8. The molecule has 6 heteroatoms. The van der Waals surface area contributed by atoms with Crippen molar-refractivity contribution in [3.63, 3.8) is 0 Å². The Hall–Kier alpha value is -2.99. The number of aliphatic hydroxyl groups is 1. The lowest BCUT2D eigenvalue weighted by atomic mass is 9.57. The second kappa shape index (κ2) is 8.10. The molecule has 1 saturated carbocycles. The summed E-state index contributed by atoms with van der Waals surface area (Å²) in [5.41, 5.74) is 5.31. The Morgan fingerprint density at radius 1 is 1.15 bits per heavy atom. The molecule has 0 amide bonds. The maximum absolute atomic E-state index is 14.2. The van der Waals surface area contributed by atoms with Gasteiger partial charge in [-0.05, 0) is 90.6 Å². The lowest BCUT2D eigenvalue weighted by Crippen LogP contribution is -2.40. The van der Waals surface area contributed by atoms with Crippen LogP contribution in [0, 0.1) is 23.0 Å². The van der Waals surface area contributed by atoms with Gasteiger partial charge in [-0.3, -0.25) is 0 Å². The van der Waals surface area contributed by atoms with E-state index in [1.807, 2.05) is 10.9 Å². The van der Waals surface area contributed by atoms with Crippen molar-refractivity contribution in [2.75, 3.05) is 19.0 Å². The molecular formula is C27H29F2N3O. The molecular weight excluding hydrogens is 420 g/mol. The molecule has 4 nitrogen and oxygen atoms in total. The van der Waals surface area contributed by atoms with E-state index in [9.17, 15) is 13.9 Å². The fraction of sp³-hybridized carbons (Fsp3) is 0.370. The molecule has 0 spiro atoms. The number of benzene rings is 2. The first-order valence-corrected chi connectivity index (χ1v) is 11.5. The summed E-state index contributed by atoms with van der Waals surface area (Å²) in [6, 6.07) is 11.3. The summed E-state index contributed by atoms with van der Waals surface area (Å²) in [5.74, 6) is -0.546. The minimum atomic E-state index is -0.688. The number of hydrogen-bond donors (Lipinski definition) is 1. The minimum Gasteiger partial charge on any atom is -0.388 e. The SMILES string of the molecule is CN(C)c1cc([C@H](O)[C@H]2CCCC3=Cc4c(cnn4-c4ccc(F)cc4)C[C@@]32C)ccc1F. The summed E-state index contributed by atoms with van der Waals surface area (Å²) in [5, 5.41) is 16.1. The summed E-state index contributed by atoms with van der Waals surface area (Å²) in [6.07, 6.45) is 7.06. The van der Waals surface area contributed by atoms with Crippen molar-refractivity contribution < 1.29 is 13.9 Å². The third-order valence-corrected chi connectivity index (χ3v) is 7.51. The zero-order valence-electron chi connectivity index (χ0n) is 19.2. The molecule has 33 heavy (non-hydrogen) atoms. The number of rotatable bonds is 4. The number of anilines is 1. The van der Waals surface area contributed by atoms with Crippen molar-refractivity contribution in [3.8, 4) is 5.69 Å². The van der Waals surface area contributed by atoms with Crippen molar-refractivity contribution in [2.45, 2.75) is 38.7 Å². The topological polar surface area (TPSA) is 41.3 Å². The van der Waals surface area contributed by atoms with E-state index in [-0.39, 0.29) is 23.0 Å². The standard InChI is InChI=1S/C27H29F2N3O/c1-27-15-18-16-30-32(21-10-8-20(28)9-11-21)24(18)14-19(27)5-4-6-22(27)26(33)17-7-12-23(29)25(13-17)31(2)3/h7-14,16,22,26,33H,4-6,15H2,1-3H3/t22-,26+,27+/m1/s1. The van der Waals surface area contributed by atoms with E-state index in [0.717, 1.165) is 48.2 Å². The van der Waals surface area contributed by atoms with Gasteiger partial charge in [0.05, 0.1) is 29.4 Å². The molecule has 2 aromatic carbocycles. The summed E-state index contributed by atoms with van der Waals surface area (Å²) in [7, 11) is 3.61. The molecule has 0 saturated heterocycles. The van der Waals surface area contributed by atoms with Gasteiger partial charge >= 0.3 is 0 Å². The average Bonchev–Trinajstić information content (AvgIpc) is 3.19. The molecule has 1 aromatic heterocycles. The Morgan fingerprint density at radius 2 is 1.91 bits per heavy atom. The molecule has 1 heterocycles. The molecule has 0 radical (unpaired) electrons. The zero-order chi connectivity index (χ0) is 23.3. The molecule has 5 rings (SSSR count). The fourth-order valence-electron chi connectivity index (χ4n) is 5.66. The van der Waals surface area contributed by atoms with Crippen LogP contribution < -0.4 is 4.90 Å². The van der Waals surface area contributed by atoms with Crippen LogP contribution in [0.2, 0.25) is 0 Å². The molecule has 2 aliphatic rings. The molecule has 1 N–H and O–H groups in total. The average molecular weight is 450 g/mol. The van der Waals surface area contributed by atoms with Crippen molar-refractivity contribution in [1.29, 1.82) is 0 Å². The Morgan fingerprint density at radius 3 is 2.64 bits per heavy atom. The number of fused-ring (bicyclic) bond motifs is 2. The monoisotopic (exact) mass is 449 g/mol. The van der Waals surface area contributed by atoms with Crippen LogP contribution >= 0.6 is 0 Å². The summed E-state index contributed by atoms with van der Waals surface area (Å²) >= 11 is 0. The Labute approximate surface area is 193 Å². The van der Waals surface area contributed by atoms with Crippen molar-refractivity contribution in [2.24, 2.45) is 11.3 Å². The van der Waals surface area contributed by atoms with Gasteiger partial charge in [0, 0.05) is 14.1 Å². The van der Waals surface area contributed by atoms with E-state index < -0.39 is 6.10 Å². The molecule has 0 unspecified atom stereocenters. The van der Waals surface area contributed by atoms with Gasteiger partial charge in [0.25, 0.3) is 0 Å². The van der Waals surface area contributed by atoms with Crippen molar-refractivity contribution in [3.05, 3.63) is 82.7 Å². The number of allylic oxidation sites excluding steroid dienone is 1. The Bertz CT molecular complexity index is 1210. The zero-order valence-corrected chi connectivity index (χ0v) is 19.2. The maximum atomic E-state index is 14.2. The van der Waals surface area contributed by atoms with Gasteiger partial charge in [0.15, 0.2) is 0 Å². The Balaban J connectivity index is 1.50. The molecule has 2 aliphatic carbocycles. The van der Waals surface area contributed by atoms with Gasteiger partial charge in [0.1, 0.15) is 11.6 Å². The van der Waals surface area contributed by atoms with E-state index in [4.69, 9.17) is 0 Å². The number of hydrogen-bond acceptors (Lipinski definition) is 3. The molecule has 3 aromatic rings. The van der Waals surface area contributed by atoms with E-state index >= 15 is 0 Å². The van der Waals surface area contributed by atoms with Crippen LogP contribution in [0.4, 0.5) is 14.5 Å². The summed E-state index contributed by atoms with van der Waals surface area (Å²) in [6.45, 7) is 2.24. The van der Waals surface area contributed by atoms with E-state index in [0.29, 0.717) is 5.69 Å². The highest BCUT2D eigenvalue weighted by Crippen LogP contribution is 2.55. The highest BCUT2D eigenvalue weighted by molar-refractivity contribution is 5.61. The third kappa shape index (κ3) is 3.66. The van der Waals surface area contributed by atoms with Gasteiger partial charge in [-0.25, -0.2) is 13.5 Å². The van der Waals surface area contributed by atoms with Crippen LogP contribution in [0.5, 0.6) is 0 Å². The van der Waals surface area contributed by atoms with Gasteiger partial charge < -0.3 is 10.0 Å². The van der Waals surface area contributed by atoms with Crippen molar-refractivity contribution >= 4 is 11.8 Å². The quantitative estimate of drug-likeness (QED) is 0.556. The largest absolute Gasteiger partial charge is 0.388 e. The lowest BCUT2D eigenvalue weighted by Gasteiger charge is -2.47. The summed E-state index contributed by atoms with van der Waals surface area (Å²) in [4.78, 5) is 1.73. The molecule has 1 fully saturated rings. The van der Waals surface area contributed by atoms with Crippen LogP contribution in [0.15, 0.2) is 54.2 Å². The first-order valence-electron chi connectivity index (χ1n) is 11.5. The number of aromatic nitrogens is 2. The molecule has 0 aliphatic heterocycles. The highest BCUT2D eigenvalue weighted by Gasteiger charge is 2.46. The molecule has 0 bridgehead atoms. The number of halogens is 2. The normalized spacial score (nSPS) is 22.8. The lowest BCUT2D eigenvalue weighted by molar-refractivity contribution is 0.0217. The van der Waals surface area contributed by atoms with Gasteiger partial charge in [-0.1, -0.05) is 18.6 Å². The van der Waals surface area contributed by atoms with Crippen molar-refractivity contribution in [1.82, 2.24) is 9.78 Å².